The summed E-state index contributed by atoms with van der Waals surface area (Å²) in [6.45, 7) is 17.4. The highest BCUT2D eigenvalue weighted by Gasteiger charge is 2.48. The summed E-state index contributed by atoms with van der Waals surface area (Å²) < 4.78 is 5.43. The second-order valence-electron chi connectivity index (χ2n) is 9.47. The van der Waals surface area contributed by atoms with Crippen LogP contribution in [0.5, 0.6) is 0 Å². The van der Waals surface area contributed by atoms with Gasteiger partial charge >= 0.3 is 0 Å². The standard InChI is InChI=1S/C21H42N2O2/c1-20(2,18-6-10-22(5)11-7-18)21(3,4)19-8-12-23(13-9-19)14-16-25-17-15-24/h18-19,24H,6-17H2,1-5H3. The van der Waals surface area contributed by atoms with Crippen molar-refractivity contribution in [3.8, 4) is 0 Å². The molecule has 2 rings (SSSR count). The molecule has 1 N–H and O–H groups in total. The molecule has 0 saturated carbocycles. The van der Waals surface area contributed by atoms with E-state index >= 15 is 0 Å². The molecule has 4 nitrogen and oxygen atoms in total. The van der Waals surface area contributed by atoms with Gasteiger partial charge < -0.3 is 19.6 Å². The van der Waals surface area contributed by atoms with Gasteiger partial charge in [-0.15, -0.1) is 0 Å². The lowest BCUT2D eigenvalue weighted by atomic mass is 9.53. The van der Waals surface area contributed by atoms with Crippen LogP contribution in [0, 0.1) is 22.7 Å². The van der Waals surface area contributed by atoms with Gasteiger partial charge in [0.15, 0.2) is 0 Å². The summed E-state index contributed by atoms with van der Waals surface area (Å²) in [5.74, 6) is 1.67. The lowest BCUT2D eigenvalue weighted by molar-refractivity contribution is -0.0535. The highest BCUT2D eigenvalue weighted by atomic mass is 16.5. The van der Waals surface area contributed by atoms with Crippen LogP contribution in [0.25, 0.3) is 0 Å². The Morgan fingerprint density at radius 2 is 1.32 bits per heavy atom. The van der Waals surface area contributed by atoms with Crippen molar-refractivity contribution >= 4 is 0 Å². The molecule has 25 heavy (non-hydrogen) atoms. The van der Waals surface area contributed by atoms with Crippen LogP contribution < -0.4 is 0 Å². The van der Waals surface area contributed by atoms with Crippen LogP contribution >= 0.6 is 0 Å². The molecule has 0 amide bonds. The van der Waals surface area contributed by atoms with Gasteiger partial charge in [0, 0.05) is 6.54 Å². The number of aliphatic hydroxyl groups excluding tert-OH is 1. The van der Waals surface area contributed by atoms with Gasteiger partial charge in [-0.1, -0.05) is 27.7 Å². The maximum Gasteiger partial charge on any atom is 0.0698 e. The first-order valence-electron chi connectivity index (χ1n) is 10.4. The lowest BCUT2D eigenvalue weighted by Crippen LogP contribution is -2.50. The predicted octanol–water partition coefficient (Wildman–Crippen LogP) is 3.10. The summed E-state index contributed by atoms with van der Waals surface area (Å²) in [4.78, 5) is 5.02. The molecule has 0 bridgehead atoms. The molecule has 0 aromatic rings. The molecule has 0 radical (unpaired) electrons. The van der Waals surface area contributed by atoms with E-state index in [0.717, 1.165) is 25.0 Å². The third-order valence-electron chi connectivity index (χ3n) is 7.80. The van der Waals surface area contributed by atoms with E-state index in [1.807, 2.05) is 0 Å². The topological polar surface area (TPSA) is 35.9 Å². The Morgan fingerprint density at radius 3 is 1.80 bits per heavy atom. The summed E-state index contributed by atoms with van der Waals surface area (Å²) in [6, 6.07) is 0. The largest absolute Gasteiger partial charge is 0.394 e. The molecular formula is C21H42N2O2. The fourth-order valence-electron chi connectivity index (χ4n) is 5.02. The van der Waals surface area contributed by atoms with E-state index in [4.69, 9.17) is 9.84 Å². The zero-order chi connectivity index (χ0) is 18.5. The predicted molar refractivity (Wildman–Crippen MR) is 105 cm³/mol. The lowest BCUT2D eigenvalue weighted by Gasteiger charge is -2.54. The number of ether oxygens (including phenoxy) is 1. The van der Waals surface area contributed by atoms with E-state index in [0.29, 0.717) is 17.4 Å². The number of hydrogen-bond donors (Lipinski definition) is 1. The van der Waals surface area contributed by atoms with Gasteiger partial charge in [0.1, 0.15) is 0 Å². The first-order chi connectivity index (χ1) is 11.8. The fraction of sp³-hybridized carbons (Fsp3) is 1.00. The average molecular weight is 355 g/mol. The Bertz CT molecular complexity index is 381. The smallest absolute Gasteiger partial charge is 0.0698 e. The van der Waals surface area contributed by atoms with E-state index in [1.54, 1.807) is 0 Å². The van der Waals surface area contributed by atoms with E-state index in [9.17, 15) is 0 Å². The van der Waals surface area contributed by atoms with Crippen LogP contribution in [-0.4, -0.2) is 74.5 Å². The van der Waals surface area contributed by atoms with Crippen LogP contribution in [0.15, 0.2) is 0 Å². The second-order valence-corrected chi connectivity index (χ2v) is 9.47. The summed E-state index contributed by atoms with van der Waals surface area (Å²) in [5.41, 5.74) is 0.776. The maximum absolute atomic E-state index is 8.78. The first-order valence-corrected chi connectivity index (χ1v) is 10.4. The highest BCUT2D eigenvalue weighted by molar-refractivity contribution is 4.97. The number of aliphatic hydroxyl groups is 1. The maximum atomic E-state index is 8.78. The molecule has 148 valence electrons. The van der Waals surface area contributed by atoms with Gasteiger partial charge in [0.2, 0.25) is 0 Å². The molecule has 2 fully saturated rings. The third-order valence-corrected chi connectivity index (χ3v) is 7.80. The molecule has 0 unspecified atom stereocenters. The molecule has 0 aromatic carbocycles. The van der Waals surface area contributed by atoms with Gasteiger partial charge in [0.25, 0.3) is 0 Å². The second kappa shape index (κ2) is 9.16. The Hall–Kier alpha value is -0.160. The zero-order valence-electron chi connectivity index (χ0n) is 17.4. The van der Waals surface area contributed by atoms with Gasteiger partial charge in [-0.3, -0.25) is 0 Å². The minimum atomic E-state index is 0.127. The number of rotatable bonds is 8. The van der Waals surface area contributed by atoms with E-state index < -0.39 is 0 Å². The van der Waals surface area contributed by atoms with E-state index in [2.05, 4.69) is 44.5 Å². The molecule has 0 atom stereocenters. The number of hydrogen-bond acceptors (Lipinski definition) is 4. The SMILES string of the molecule is CN1CCC(C(C)(C)C(C)(C)C2CCN(CCOCCO)CC2)CC1. The summed E-state index contributed by atoms with van der Waals surface area (Å²) in [5, 5.41) is 8.78. The number of likely N-dealkylation sites (tertiary alicyclic amines) is 2. The van der Waals surface area contributed by atoms with Crippen LogP contribution in [0.2, 0.25) is 0 Å². The van der Waals surface area contributed by atoms with Crippen LogP contribution in [0.4, 0.5) is 0 Å². The van der Waals surface area contributed by atoms with E-state index in [1.165, 1.54) is 51.9 Å². The number of nitrogens with zero attached hydrogens (tertiary/aromatic N) is 2. The van der Waals surface area contributed by atoms with Gasteiger partial charge in [-0.2, -0.15) is 0 Å². The van der Waals surface area contributed by atoms with Crippen molar-refractivity contribution in [2.75, 3.05) is 59.6 Å². The van der Waals surface area contributed by atoms with Crippen LogP contribution in [-0.2, 0) is 4.74 Å². The summed E-state index contributed by atoms with van der Waals surface area (Å²) >= 11 is 0. The Kier molecular flexibility index (Phi) is 7.75. The molecule has 2 aliphatic heterocycles. The van der Waals surface area contributed by atoms with Crippen molar-refractivity contribution in [3.05, 3.63) is 0 Å². The summed E-state index contributed by atoms with van der Waals surface area (Å²) in [7, 11) is 2.26. The highest BCUT2D eigenvalue weighted by Crippen LogP contribution is 2.54. The average Bonchev–Trinajstić information content (AvgIpc) is 2.59. The molecule has 2 saturated heterocycles. The molecule has 2 aliphatic rings. The molecular weight excluding hydrogens is 312 g/mol. The Labute approximate surface area is 155 Å². The van der Waals surface area contributed by atoms with Crippen molar-refractivity contribution < 1.29 is 9.84 Å². The molecule has 0 spiro atoms. The molecule has 4 heteroatoms. The monoisotopic (exact) mass is 354 g/mol. The molecule has 0 aliphatic carbocycles. The van der Waals surface area contributed by atoms with Crippen molar-refractivity contribution in [3.63, 3.8) is 0 Å². The van der Waals surface area contributed by atoms with Crippen molar-refractivity contribution in [1.29, 1.82) is 0 Å². The molecule has 2 heterocycles. The van der Waals surface area contributed by atoms with Crippen LogP contribution in [0.3, 0.4) is 0 Å². The van der Waals surface area contributed by atoms with Crippen molar-refractivity contribution in [2.24, 2.45) is 22.7 Å². The minimum absolute atomic E-state index is 0.127. The van der Waals surface area contributed by atoms with Crippen molar-refractivity contribution in [2.45, 2.75) is 53.4 Å². The normalized spacial score (nSPS) is 23.3. The van der Waals surface area contributed by atoms with Gasteiger partial charge in [-0.25, -0.2) is 0 Å². The van der Waals surface area contributed by atoms with Crippen LogP contribution in [0.1, 0.15) is 53.4 Å². The Balaban J connectivity index is 1.85. The van der Waals surface area contributed by atoms with Crippen molar-refractivity contribution in [1.82, 2.24) is 9.80 Å². The zero-order valence-corrected chi connectivity index (χ0v) is 17.4. The van der Waals surface area contributed by atoms with Gasteiger partial charge in [-0.05, 0) is 81.6 Å². The minimum Gasteiger partial charge on any atom is -0.394 e. The fourth-order valence-corrected chi connectivity index (χ4v) is 5.02. The van der Waals surface area contributed by atoms with Gasteiger partial charge in [0.05, 0.1) is 19.8 Å². The summed E-state index contributed by atoms with van der Waals surface area (Å²) in [6.07, 6.45) is 5.33. The first kappa shape index (κ1) is 21.1. The Morgan fingerprint density at radius 1 is 0.840 bits per heavy atom. The van der Waals surface area contributed by atoms with E-state index in [-0.39, 0.29) is 6.61 Å². The number of piperidine rings is 2. The molecule has 0 aromatic heterocycles. The quantitative estimate of drug-likeness (QED) is 0.680. The third kappa shape index (κ3) is 5.18.